The fourth-order valence-electron chi connectivity index (χ4n) is 2.92. The monoisotopic (exact) mass is 443 g/mol. The zero-order chi connectivity index (χ0) is 21.4. The minimum Gasteiger partial charge on any atom is -0.454 e. The van der Waals surface area contributed by atoms with E-state index in [2.05, 4.69) is 5.43 Å². The minimum atomic E-state index is -0.584. The van der Waals surface area contributed by atoms with Gasteiger partial charge in [-0.2, -0.15) is 5.01 Å². The summed E-state index contributed by atoms with van der Waals surface area (Å²) in [5.41, 5.74) is 3.56. The number of fused-ring (bicyclic) bond motifs is 1. The predicted molar refractivity (Wildman–Crippen MR) is 113 cm³/mol. The van der Waals surface area contributed by atoms with Gasteiger partial charge in [0.15, 0.2) is 15.8 Å². The molecule has 30 heavy (non-hydrogen) atoms. The first-order valence-corrected chi connectivity index (χ1v) is 9.80. The molecule has 1 fully saturated rings. The van der Waals surface area contributed by atoms with Crippen molar-refractivity contribution in [3.8, 4) is 11.5 Å². The van der Waals surface area contributed by atoms with Gasteiger partial charge in [0.05, 0.1) is 21.5 Å². The summed E-state index contributed by atoms with van der Waals surface area (Å²) in [7, 11) is 0. The normalized spacial score (nSPS) is 16.3. The highest BCUT2D eigenvalue weighted by Gasteiger charge is 2.35. The molecule has 152 valence electrons. The zero-order valence-corrected chi connectivity index (χ0v) is 17.0. The van der Waals surface area contributed by atoms with E-state index in [0.29, 0.717) is 11.3 Å². The van der Waals surface area contributed by atoms with Crippen LogP contribution in [-0.4, -0.2) is 32.9 Å². The summed E-state index contributed by atoms with van der Waals surface area (Å²) in [5, 5.41) is 12.4. The fraction of sp³-hybridized carbons (Fsp3) is 0.105. The molecule has 9 nitrogen and oxygen atoms in total. The Hall–Kier alpha value is -3.44. The fourth-order valence-corrected chi connectivity index (χ4v) is 4.09. The van der Waals surface area contributed by atoms with Crippen molar-refractivity contribution in [2.75, 3.05) is 6.79 Å². The van der Waals surface area contributed by atoms with Crippen LogP contribution in [0.2, 0.25) is 0 Å². The van der Waals surface area contributed by atoms with Crippen molar-refractivity contribution >= 4 is 51.9 Å². The Bertz CT molecular complexity index is 1150. The number of benzene rings is 2. The van der Waals surface area contributed by atoms with Gasteiger partial charge in [-0.05, 0) is 42.9 Å². The van der Waals surface area contributed by atoms with Gasteiger partial charge in [-0.15, -0.1) is 0 Å². The van der Waals surface area contributed by atoms with Crippen molar-refractivity contribution in [3.05, 3.63) is 68.1 Å². The van der Waals surface area contributed by atoms with E-state index in [4.69, 9.17) is 21.7 Å². The number of nitrogens with zero attached hydrogens (tertiary/aromatic N) is 2. The Morgan fingerprint density at radius 2 is 2.00 bits per heavy atom. The lowest BCUT2D eigenvalue weighted by molar-refractivity contribution is -0.385. The van der Waals surface area contributed by atoms with Crippen LogP contribution in [0.1, 0.15) is 21.5 Å². The molecule has 1 N–H and O–H groups in total. The number of hydrazine groups is 1. The average Bonchev–Trinajstić information content (AvgIpc) is 3.27. The van der Waals surface area contributed by atoms with Gasteiger partial charge in [-0.1, -0.05) is 30.0 Å². The summed E-state index contributed by atoms with van der Waals surface area (Å²) in [4.78, 5) is 36.3. The molecule has 0 atom stereocenters. The number of carbonyl (C=O) groups excluding carboxylic acids is 2. The number of ether oxygens (including phenoxy) is 2. The van der Waals surface area contributed by atoms with Crippen molar-refractivity contribution in [2.24, 2.45) is 0 Å². The van der Waals surface area contributed by atoms with Crippen molar-refractivity contribution in [1.29, 1.82) is 0 Å². The number of nitro groups is 1. The van der Waals surface area contributed by atoms with Gasteiger partial charge in [0, 0.05) is 5.56 Å². The van der Waals surface area contributed by atoms with Crippen LogP contribution in [-0.2, 0) is 4.79 Å². The molecule has 0 spiro atoms. The third-order valence-corrected chi connectivity index (χ3v) is 5.70. The summed E-state index contributed by atoms with van der Waals surface area (Å²) in [6.45, 7) is 1.74. The highest BCUT2D eigenvalue weighted by Crippen LogP contribution is 2.40. The molecule has 0 radical (unpaired) electrons. The highest BCUT2D eigenvalue weighted by molar-refractivity contribution is 8.26. The van der Waals surface area contributed by atoms with Gasteiger partial charge in [0.1, 0.15) is 0 Å². The molecule has 0 saturated carbocycles. The number of nitro benzene ring substituents is 1. The number of aryl methyl sites for hydroxylation is 1. The van der Waals surface area contributed by atoms with Gasteiger partial charge < -0.3 is 9.47 Å². The number of hydrogen-bond acceptors (Lipinski definition) is 8. The van der Waals surface area contributed by atoms with Crippen LogP contribution in [0.5, 0.6) is 11.5 Å². The summed E-state index contributed by atoms with van der Waals surface area (Å²) < 4.78 is 10.5. The number of nitrogens with one attached hydrogen (secondary N) is 1. The number of carbonyl (C=O) groups is 2. The molecule has 2 amide bonds. The lowest BCUT2D eigenvalue weighted by atomic mass is 10.1. The number of thioether (sulfide) groups is 1. The molecule has 2 aliphatic heterocycles. The van der Waals surface area contributed by atoms with E-state index in [-0.39, 0.29) is 33.0 Å². The van der Waals surface area contributed by atoms with Gasteiger partial charge in [0.2, 0.25) is 6.79 Å². The Balaban J connectivity index is 1.62. The molecule has 2 heterocycles. The first-order chi connectivity index (χ1) is 14.3. The summed E-state index contributed by atoms with van der Waals surface area (Å²) in [6, 6.07) is 9.59. The molecule has 2 aromatic carbocycles. The van der Waals surface area contributed by atoms with Crippen molar-refractivity contribution in [2.45, 2.75) is 6.92 Å². The molecule has 0 aromatic heterocycles. The van der Waals surface area contributed by atoms with E-state index in [1.54, 1.807) is 31.2 Å². The number of thiocarbonyl (C=S) groups is 1. The predicted octanol–water partition coefficient (Wildman–Crippen LogP) is 3.18. The summed E-state index contributed by atoms with van der Waals surface area (Å²) in [5.74, 6) is -0.467. The molecule has 2 aromatic rings. The lowest BCUT2D eigenvalue weighted by Gasteiger charge is -2.16. The van der Waals surface area contributed by atoms with E-state index in [9.17, 15) is 19.7 Å². The number of amides is 2. The minimum absolute atomic E-state index is 0.0387. The Kier molecular flexibility index (Phi) is 5.14. The quantitative estimate of drug-likeness (QED) is 0.332. The molecule has 2 aliphatic rings. The largest absolute Gasteiger partial charge is 0.454 e. The zero-order valence-electron chi connectivity index (χ0n) is 15.4. The van der Waals surface area contributed by atoms with Crippen LogP contribution in [0.4, 0.5) is 5.69 Å². The molecular weight excluding hydrogens is 430 g/mol. The van der Waals surface area contributed by atoms with Crippen molar-refractivity contribution in [1.82, 2.24) is 10.4 Å². The summed E-state index contributed by atoms with van der Waals surface area (Å²) >= 11 is 6.14. The maximum Gasteiger partial charge on any atom is 0.285 e. The molecular formula is C19H13N3O6S2. The standard InChI is InChI=1S/C19H13N3O6S2/c1-10-4-2-3-5-12(10)17(23)20-21-18(24)16(30-19(21)29)7-11-6-14-15(28-9-27-14)8-13(11)22(25)26/h2-8H,9H2,1H3,(H,20,23). The van der Waals surface area contributed by atoms with E-state index >= 15 is 0 Å². The Morgan fingerprint density at radius 3 is 2.70 bits per heavy atom. The van der Waals surface area contributed by atoms with Crippen LogP contribution < -0.4 is 14.9 Å². The first-order valence-electron chi connectivity index (χ1n) is 8.58. The summed E-state index contributed by atoms with van der Waals surface area (Å²) in [6.07, 6.45) is 1.35. The maximum atomic E-state index is 12.8. The van der Waals surface area contributed by atoms with Gasteiger partial charge in [0.25, 0.3) is 17.5 Å². The van der Waals surface area contributed by atoms with Crippen molar-refractivity contribution < 1.29 is 24.0 Å². The second kappa shape index (κ2) is 7.76. The first kappa shape index (κ1) is 19.9. The molecule has 11 heteroatoms. The molecule has 4 rings (SSSR count). The van der Waals surface area contributed by atoms with Crippen LogP contribution in [0.15, 0.2) is 41.3 Å². The number of hydrogen-bond donors (Lipinski definition) is 1. The van der Waals surface area contributed by atoms with Crippen LogP contribution in [0.25, 0.3) is 6.08 Å². The number of rotatable bonds is 4. The van der Waals surface area contributed by atoms with Gasteiger partial charge in [-0.25, -0.2) is 0 Å². The topological polar surface area (TPSA) is 111 Å². The van der Waals surface area contributed by atoms with E-state index in [0.717, 1.165) is 22.3 Å². The second-order valence-corrected chi connectivity index (χ2v) is 7.97. The second-order valence-electron chi connectivity index (χ2n) is 6.29. The van der Waals surface area contributed by atoms with E-state index in [1.165, 1.54) is 18.2 Å². The van der Waals surface area contributed by atoms with Crippen LogP contribution in [0.3, 0.4) is 0 Å². The molecule has 0 unspecified atom stereocenters. The van der Waals surface area contributed by atoms with Gasteiger partial charge in [-0.3, -0.25) is 25.1 Å². The van der Waals surface area contributed by atoms with Crippen molar-refractivity contribution in [3.63, 3.8) is 0 Å². The lowest BCUT2D eigenvalue weighted by Crippen LogP contribution is -2.45. The van der Waals surface area contributed by atoms with Crippen LogP contribution in [0, 0.1) is 17.0 Å². The van der Waals surface area contributed by atoms with Gasteiger partial charge >= 0.3 is 0 Å². The highest BCUT2D eigenvalue weighted by atomic mass is 32.2. The third-order valence-electron chi connectivity index (χ3n) is 4.40. The Morgan fingerprint density at radius 1 is 1.30 bits per heavy atom. The van der Waals surface area contributed by atoms with E-state index < -0.39 is 16.7 Å². The average molecular weight is 443 g/mol. The van der Waals surface area contributed by atoms with Crippen LogP contribution >= 0.6 is 24.0 Å². The van der Waals surface area contributed by atoms with E-state index in [1.807, 2.05) is 0 Å². The molecule has 1 saturated heterocycles. The Labute approximate surface area is 179 Å². The SMILES string of the molecule is Cc1ccccc1C(=O)NN1C(=O)C(=Cc2cc3c(cc2[N+](=O)[O-])OCO3)SC1=S. The maximum absolute atomic E-state index is 12.8. The third kappa shape index (κ3) is 3.60. The molecule has 0 bridgehead atoms. The smallest absolute Gasteiger partial charge is 0.285 e. The molecule has 0 aliphatic carbocycles.